The molecule has 7 N–H and O–H groups in total. The van der Waals surface area contributed by atoms with Crippen molar-refractivity contribution in [2.45, 2.75) is 37.3 Å². The summed E-state index contributed by atoms with van der Waals surface area (Å²) in [5.74, 6) is -5.38. The van der Waals surface area contributed by atoms with Gasteiger partial charge in [0.1, 0.15) is 22.3 Å². The SMILES string of the molecule is CC(C)(ON=C(C(=O)NC1(C)C(=O)N2C(C(=O)O)=C(c3c(Br)cc(O)c(O)c3Br)CS[C@H]21)c1csc(N)n1)C(=O)O. The van der Waals surface area contributed by atoms with E-state index in [0.717, 1.165) is 28.0 Å². The van der Waals surface area contributed by atoms with E-state index in [1.807, 2.05) is 0 Å². The average molecular weight is 735 g/mol. The maximum atomic E-state index is 13.5. The zero-order valence-corrected chi connectivity index (χ0v) is 26.1. The van der Waals surface area contributed by atoms with Crippen LogP contribution in [0.5, 0.6) is 11.5 Å². The Kier molecular flexibility index (Phi) is 8.07. The molecule has 0 spiro atoms. The van der Waals surface area contributed by atoms with E-state index in [-0.39, 0.29) is 42.4 Å². The van der Waals surface area contributed by atoms with Gasteiger partial charge in [0.25, 0.3) is 11.8 Å². The molecule has 18 heteroatoms. The molecule has 1 aromatic heterocycles. The lowest BCUT2D eigenvalue weighted by Gasteiger charge is -2.55. The number of aromatic nitrogens is 1. The van der Waals surface area contributed by atoms with E-state index in [1.165, 1.54) is 32.2 Å². The second-order valence-electron chi connectivity index (χ2n) is 9.46. The fourth-order valence-electron chi connectivity index (χ4n) is 4.00. The summed E-state index contributed by atoms with van der Waals surface area (Å²) in [6, 6.07) is 1.20. The Morgan fingerprint density at radius 1 is 1.29 bits per heavy atom. The Morgan fingerprint density at radius 3 is 2.51 bits per heavy atom. The normalized spacial score (nSPS) is 20.8. The maximum Gasteiger partial charge on any atom is 0.352 e. The first-order valence-corrected chi connectivity index (χ1v) is 14.9. The second-order valence-corrected chi connectivity index (χ2v) is 13.1. The molecule has 14 nitrogen and oxygen atoms in total. The van der Waals surface area contributed by atoms with E-state index in [2.05, 4.69) is 47.3 Å². The molecule has 4 rings (SSSR count). The predicted octanol–water partition coefficient (Wildman–Crippen LogP) is 2.53. The van der Waals surface area contributed by atoms with Gasteiger partial charge in [-0.2, -0.15) is 0 Å². The number of thioether (sulfide) groups is 1. The standard InChI is InChI=1S/C23H21Br2N5O9S2/c1-22(2,20(37)38)39-29-13(9-6-41-21(26)27-9)16(33)28-23(3)18(36)30-14(17(34)35)7(5-40-19(23)30)11-8(24)4-10(31)15(32)12(11)25/h4,6,19,31-32H,5H2,1-3H3,(H2,26,27)(H,28,33)(H,34,35)(H,37,38)/t19-,23?/m0/s1. The summed E-state index contributed by atoms with van der Waals surface area (Å²) in [6.07, 6.45) is 0. The smallest absolute Gasteiger partial charge is 0.352 e. The molecule has 0 aliphatic carbocycles. The molecular formula is C23H21Br2N5O9S2. The van der Waals surface area contributed by atoms with Gasteiger partial charge in [0.2, 0.25) is 5.60 Å². The van der Waals surface area contributed by atoms with Crippen molar-refractivity contribution in [1.82, 2.24) is 15.2 Å². The largest absolute Gasteiger partial charge is 0.504 e. The molecule has 2 atom stereocenters. The number of aromatic hydroxyl groups is 2. The predicted molar refractivity (Wildman–Crippen MR) is 155 cm³/mol. The van der Waals surface area contributed by atoms with Crippen LogP contribution >= 0.6 is 55.0 Å². The zero-order chi connectivity index (χ0) is 30.6. The van der Waals surface area contributed by atoms with Crippen molar-refractivity contribution in [2.75, 3.05) is 11.5 Å². The number of nitrogens with two attached hydrogens (primary N) is 1. The number of hydrogen-bond donors (Lipinski definition) is 6. The number of fused-ring (bicyclic) bond motifs is 1. The number of hydrogen-bond acceptors (Lipinski definition) is 12. The van der Waals surface area contributed by atoms with E-state index in [0.29, 0.717) is 0 Å². The van der Waals surface area contributed by atoms with Gasteiger partial charge < -0.3 is 36.3 Å². The minimum Gasteiger partial charge on any atom is -0.504 e. The van der Waals surface area contributed by atoms with Crippen LogP contribution in [-0.4, -0.2) is 82.0 Å². The number of nitrogens with zero attached hydrogens (tertiary/aromatic N) is 3. The number of rotatable bonds is 8. The van der Waals surface area contributed by atoms with E-state index < -0.39 is 57.5 Å². The lowest BCUT2D eigenvalue weighted by atomic mass is 9.87. The summed E-state index contributed by atoms with van der Waals surface area (Å²) in [5.41, 5.74) is 1.85. The first-order chi connectivity index (χ1) is 19.0. The topological polar surface area (TPSA) is 225 Å². The molecule has 1 aromatic carbocycles. The molecule has 1 unspecified atom stereocenters. The number of carbonyl (C=O) groups excluding carboxylic acids is 2. The Bertz CT molecular complexity index is 1570. The van der Waals surface area contributed by atoms with Gasteiger partial charge in [-0.15, -0.1) is 23.1 Å². The fraction of sp³-hybridized carbons (Fsp3) is 0.304. The van der Waals surface area contributed by atoms with Crippen LogP contribution in [0, 0.1) is 0 Å². The van der Waals surface area contributed by atoms with Gasteiger partial charge in [-0.3, -0.25) is 14.5 Å². The number of anilines is 1. The van der Waals surface area contributed by atoms with Crippen LogP contribution in [0.1, 0.15) is 32.0 Å². The van der Waals surface area contributed by atoms with Crippen LogP contribution in [0.4, 0.5) is 5.13 Å². The third kappa shape index (κ3) is 5.24. The van der Waals surface area contributed by atoms with Crippen molar-refractivity contribution >= 4 is 95.1 Å². The first kappa shape index (κ1) is 30.6. The van der Waals surface area contributed by atoms with E-state index >= 15 is 0 Å². The summed E-state index contributed by atoms with van der Waals surface area (Å²) in [4.78, 5) is 60.9. The van der Waals surface area contributed by atoms with Gasteiger partial charge in [-0.05, 0) is 58.7 Å². The number of nitrogens with one attached hydrogen (secondary N) is 1. The van der Waals surface area contributed by atoms with Gasteiger partial charge in [0.05, 0.1) is 4.47 Å². The number of β-lactam (4-membered cyclic amide) rings is 1. The summed E-state index contributed by atoms with van der Waals surface area (Å²) in [7, 11) is 0. The monoisotopic (exact) mass is 733 g/mol. The average Bonchev–Trinajstić information content (AvgIpc) is 3.32. The summed E-state index contributed by atoms with van der Waals surface area (Å²) >= 11 is 8.60. The third-order valence-corrected chi connectivity index (χ3v) is 9.74. The Morgan fingerprint density at radius 2 is 1.95 bits per heavy atom. The van der Waals surface area contributed by atoms with Crippen LogP contribution in [-0.2, 0) is 24.0 Å². The van der Waals surface area contributed by atoms with E-state index in [4.69, 9.17) is 10.6 Å². The Labute approximate surface area is 256 Å². The number of benzene rings is 1. The highest BCUT2D eigenvalue weighted by atomic mass is 79.9. The summed E-state index contributed by atoms with van der Waals surface area (Å²) in [5, 5.41) is 46.5. The first-order valence-electron chi connectivity index (χ1n) is 11.4. The van der Waals surface area contributed by atoms with Crippen LogP contribution in [0.15, 0.2) is 31.2 Å². The van der Waals surface area contributed by atoms with Crippen LogP contribution in [0.25, 0.3) is 5.57 Å². The number of oxime groups is 1. The number of aliphatic carboxylic acids is 2. The van der Waals surface area contributed by atoms with Gasteiger partial charge >= 0.3 is 11.9 Å². The highest BCUT2D eigenvalue weighted by Crippen LogP contribution is 2.52. The highest BCUT2D eigenvalue weighted by molar-refractivity contribution is 9.11. The zero-order valence-electron chi connectivity index (χ0n) is 21.3. The number of thiazole rings is 1. The van der Waals surface area contributed by atoms with Crippen molar-refractivity contribution in [3.63, 3.8) is 0 Å². The highest BCUT2D eigenvalue weighted by Gasteiger charge is 2.63. The minimum atomic E-state index is -1.80. The van der Waals surface area contributed by atoms with Crippen LogP contribution < -0.4 is 11.1 Å². The molecule has 2 aromatic rings. The Hall–Kier alpha value is -3.35. The molecule has 1 saturated heterocycles. The number of carboxylic acids is 2. The molecule has 2 aliphatic heterocycles. The summed E-state index contributed by atoms with van der Waals surface area (Å²) < 4.78 is 0.290. The molecule has 0 saturated carbocycles. The number of phenols is 2. The maximum absolute atomic E-state index is 13.5. The van der Waals surface area contributed by atoms with Crippen molar-refractivity contribution in [3.05, 3.63) is 37.3 Å². The molecule has 0 radical (unpaired) electrons. The molecule has 2 amide bonds. The van der Waals surface area contributed by atoms with Crippen LogP contribution in [0.2, 0.25) is 0 Å². The lowest BCUT2D eigenvalue weighted by molar-refractivity contribution is -0.161. The number of amides is 2. The van der Waals surface area contributed by atoms with Gasteiger partial charge in [-0.25, -0.2) is 14.6 Å². The molecule has 0 bridgehead atoms. The molecule has 41 heavy (non-hydrogen) atoms. The fourth-order valence-corrected chi connectivity index (χ4v) is 7.57. The number of carbonyl (C=O) groups is 4. The molecule has 2 aliphatic rings. The van der Waals surface area contributed by atoms with Gasteiger partial charge in [0.15, 0.2) is 22.3 Å². The quantitative estimate of drug-likeness (QED) is 0.0996. The molecular weight excluding hydrogens is 714 g/mol. The van der Waals surface area contributed by atoms with E-state index in [1.54, 1.807) is 0 Å². The molecule has 1 fully saturated rings. The van der Waals surface area contributed by atoms with Crippen LogP contribution in [0.3, 0.4) is 0 Å². The molecule has 218 valence electrons. The molecule has 3 heterocycles. The number of phenolic OH excluding ortho intramolecular Hbond substituents is 2. The second kappa shape index (κ2) is 10.8. The van der Waals surface area contributed by atoms with Crippen molar-refractivity contribution < 1.29 is 44.4 Å². The van der Waals surface area contributed by atoms with Gasteiger partial charge in [0, 0.05) is 26.7 Å². The summed E-state index contributed by atoms with van der Waals surface area (Å²) in [6.45, 7) is 3.86. The number of halogens is 2. The van der Waals surface area contributed by atoms with Crippen molar-refractivity contribution in [3.8, 4) is 11.5 Å². The van der Waals surface area contributed by atoms with E-state index in [9.17, 15) is 39.6 Å². The minimum absolute atomic E-state index is 0.0221. The lowest BCUT2D eigenvalue weighted by Crippen LogP contribution is -2.78. The van der Waals surface area contributed by atoms with Crippen molar-refractivity contribution in [2.24, 2.45) is 5.16 Å². The van der Waals surface area contributed by atoms with Gasteiger partial charge in [-0.1, -0.05) is 5.16 Å². The number of carboxylic acid groups (broad SMARTS) is 2. The number of nitrogen functional groups attached to an aromatic ring is 1. The Balaban J connectivity index is 1.70. The van der Waals surface area contributed by atoms with Crippen molar-refractivity contribution in [1.29, 1.82) is 0 Å². The third-order valence-electron chi connectivity index (χ3n) is 6.21.